The highest BCUT2D eigenvalue weighted by molar-refractivity contribution is 5.34. The van der Waals surface area contributed by atoms with Crippen LogP contribution in [0.3, 0.4) is 0 Å². The van der Waals surface area contributed by atoms with Crippen molar-refractivity contribution in [2.24, 2.45) is 5.73 Å². The van der Waals surface area contributed by atoms with Crippen molar-refractivity contribution in [1.82, 2.24) is 9.55 Å². The van der Waals surface area contributed by atoms with E-state index in [-0.39, 0.29) is 6.04 Å². The van der Waals surface area contributed by atoms with Crippen molar-refractivity contribution < 1.29 is 5.11 Å². The number of nitrogens with two attached hydrogens (primary N) is 1. The van der Waals surface area contributed by atoms with E-state index in [0.717, 1.165) is 36.5 Å². The first kappa shape index (κ1) is 11.3. The van der Waals surface area contributed by atoms with Gasteiger partial charge in [-0.1, -0.05) is 18.2 Å². The minimum absolute atomic E-state index is 0.240. The molecule has 1 aromatic carbocycles. The fraction of sp³-hybridized carbons (Fsp3) is 0.357. The fourth-order valence-corrected chi connectivity index (χ4v) is 2.47. The van der Waals surface area contributed by atoms with Gasteiger partial charge in [0.15, 0.2) is 0 Å². The molecule has 1 unspecified atom stereocenters. The van der Waals surface area contributed by atoms with Gasteiger partial charge in [0, 0.05) is 31.6 Å². The van der Waals surface area contributed by atoms with Gasteiger partial charge in [0.05, 0.1) is 5.69 Å². The maximum Gasteiger partial charge on any atom is 0.119 e. The smallest absolute Gasteiger partial charge is 0.119 e. The molecule has 1 atom stereocenters. The maximum absolute atomic E-state index is 9.76. The Morgan fingerprint density at radius 3 is 3.06 bits per heavy atom. The molecule has 4 nitrogen and oxygen atoms in total. The van der Waals surface area contributed by atoms with Gasteiger partial charge in [0.2, 0.25) is 0 Å². The second kappa shape index (κ2) is 4.46. The number of nitrogens with zero attached hydrogens (tertiary/aromatic N) is 2. The minimum atomic E-state index is 0.240. The molecule has 3 N–H and O–H groups in total. The molecule has 0 fully saturated rings. The van der Waals surface area contributed by atoms with Gasteiger partial charge in [-0.2, -0.15) is 0 Å². The molecule has 0 bridgehead atoms. The summed E-state index contributed by atoms with van der Waals surface area (Å²) in [6.45, 7) is 0.850. The Bertz CT molecular complexity index is 562. The van der Waals surface area contributed by atoms with Gasteiger partial charge in [-0.25, -0.2) is 4.98 Å². The minimum Gasteiger partial charge on any atom is -0.508 e. The van der Waals surface area contributed by atoms with Crippen LogP contribution in [0.4, 0.5) is 0 Å². The molecule has 1 aliphatic rings. The lowest BCUT2D eigenvalue weighted by atomic mass is 10.1. The summed E-state index contributed by atoms with van der Waals surface area (Å²) in [7, 11) is 0. The van der Waals surface area contributed by atoms with Crippen LogP contribution in [-0.2, 0) is 19.4 Å². The summed E-state index contributed by atoms with van der Waals surface area (Å²) in [4.78, 5) is 4.62. The number of imidazole rings is 1. The highest BCUT2D eigenvalue weighted by atomic mass is 16.3. The Morgan fingerprint density at radius 1 is 1.39 bits per heavy atom. The van der Waals surface area contributed by atoms with Crippen LogP contribution in [-0.4, -0.2) is 20.7 Å². The van der Waals surface area contributed by atoms with E-state index in [1.54, 1.807) is 6.07 Å². The van der Waals surface area contributed by atoms with E-state index in [0.29, 0.717) is 12.2 Å². The number of hydrogen-bond donors (Lipinski definition) is 2. The number of aryl methyl sites for hydroxylation is 1. The van der Waals surface area contributed by atoms with E-state index in [2.05, 4.69) is 15.7 Å². The van der Waals surface area contributed by atoms with Crippen LogP contribution in [0.1, 0.15) is 23.5 Å². The van der Waals surface area contributed by atoms with Gasteiger partial charge >= 0.3 is 0 Å². The molecule has 0 amide bonds. The maximum atomic E-state index is 9.76. The molecule has 0 saturated heterocycles. The molecule has 1 aliphatic heterocycles. The first-order valence-corrected chi connectivity index (χ1v) is 6.30. The third kappa shape index (κ3) is 2.11. The van der Waals surface area contributed by atoms with Crippen molar-refractivity contribution in [3.05, 3.63) is 47.5 Å². The quantitative estimate of drug-likeness (QED) is 0.839. The monoisotopic (exact) mass is 243 g/mol. The predicted molar refractivity (Wildman–Crippen MR) is 69.4 cm³/mol. The molecule has 4 heteroatoms. The molecule has 2 heterocycles. The molecule has 0 aliphatic carbocycles. The molecule has 94 valence electrons. The number of aromatic hydroxyl groups is 1. The zero-order valence-corrected chi connectivity index (χ0v) is 10.2. The summed E-state index contributed by atoms with van der Waals surface area (Å²) >= 11 is 0. The van der Waals surface area contributed by atoms with Gasteiger partial charge < -0.3 is 15.4 Å². The third-order valence-electron chi connectivity index (χ3n) is 3.44. The lowest BCUT2D eigenvalue weighted by Gasteiger charge is -2.19. The summed E-state index contributed by atoms with van der Waals surface area (Å²) in [5.74, 6) is 1.45. The summed E-state index contributed by atoms with van der Waals surface area (Å²) in [5.41, 5.74) is 7.86. The molecule has 1 aromatic heterocycles. The lowest BCUT2D eigenvalue weighted by Crippen LogP contribution is -2.31. The van der Waals surface area contributed by atoms with E-state index in [9.17, 15) is 5.11 Å². The number of fused-ring (bicyclic) bond motifs is 1. The van der Waals surface area contributed by atoms with Gasteiger partial charge in [-0.15, -0.1) is 0 Å². The number of para-hydroxylation sites is 1. The second-order valence-corrected chi connectivity index (χ2v) is 4.91. The molecule has 0 spiro atoms. The van der Waals surface area contributed by atoms with Crippen LogP contribution in [0.5, 0.6) is 5.75 Å². The molecule has 0 saturated carbocycles. The van der Waals surface area contributed by atoms with Crippen LogP contribution in [0.2, 0.25) is 0 Å². The average Bonchev–Trinajstić information content (AvgIpc) is 2.73. The van der Waals surface area contributed by atoms with Gasteiger partial charge in [0.25, 0.3) is 0 Å². The number of phenols is 1. The topological polar surface area (TPSA) is 64.1 Å². The Balaban J connectivity index is 1.84. The largest absolute Gasteiger partial charge is 0.508 e. The number of benzene rings is 1. The second-order valence-electron chi connectivity index (χ2n) is 4.91. The van der Waals surface area contributed by atoms with Crippen molar-refractivity contribution in [2.75, 3.05) is 0 Å². The van der Waals surface area contributed by atoms with E-state index >= 15 is 0 Å². The molecule has 18 heavy (non-hydrogen) atoms. The SMILES string of the molecule is NC1CCc2nc(Cc3ccccc3O)cn2C1. The predicted octanol–water partition coefficient (Wildman–Crippen LogP) is 1.45. The van der Waals surface area contributed by atoms with Crippen LogP contribution in [0.25, 0.3) is 0 Å². The molecule has 0 radical (unpaired) electrons. The zero-order chi connectivity index (χ0) is 12.5. The summed E-state index contributed by atoms with van der Waals surface area (Å²) in [6, 6.07) is 7.64. The summed E-state index contributed by atoms with van der Waals surface area (Å²) in [5, 5.41) is 9.76. The number of phenolic OH excluding ortho intramolecular Hbond substituents is 1. The first-order valence-electron chi connectivity index (χ1n) is 6.30. The van der Waals surface area contributed by atoms with Crippen molar-refractivity contribution in [1.29, 1.82) is 0 Å². The summed E-state index contributed by atoms with van der Waals surface area (Å²) in [6.07, 6.45) is 4.68. The van der Waals surface area contributed by atoms with Gasteiger partial charge in [0.1, 0.15) is 11.6 Å². The molecule has 2 aromatic rings. The van der Waals surface area contributed by atoms with Gasteiger partial charge in [-0.05, 0) is 18.1 Å². The number of hydrogen-bond acceptors (Lipinski definition) is 3. The van der Waals surface area contributed by atoms with E-state index < -0.39 is 0 Å². The van der Waals surface area contributed by atoms with E-state index in [1.165, 1.54) is 0 Å². The Morgan fingerprint density at radius 2 is 2.22 bits per heavy atom. The van der Waals surface area contributed by atoms with Crippen molar-refractivity contribution in [2.45, 2.75) is 31.8 Å². The highest BCUT2D eigenvalue weighted by Crippen LogP contribution is 2.21. The van der Waals surface area contributed by atoms with Crippen LogP contribution in [0.15, 0.2) is 30.5 Å². The standard InChI is InChI=1S/C14H17N3O/c15-11-5-6-14-16-12(9-17(14)8-11)7-10-3-1-2-4-13(10)18/h1-4,9,11,18H,5-8,15H2. The Kier molecular flexibility index (Phi) is 2.80. The average molecular weight is 243 g/mol. The fourth-order valence-electron chi connectivity index (χ4n) is 2.47. The first-order chi connectivity index (χ1) is 8.72. The Labute approximate surface area is 106 Å². The van der Waals surface area contributed by atoms with Crippen LogP contribution >= 0.6 is 0 Å². The highest BCUT2D eigenvalue weighted by Gasteiger charge is 2.17. The number of aromatic nitrogens is 2. The van der Waals surface area contributed by atoms with E-state index in [1.807, 2.05) is 18.2 Å². The van der Waals surface area contributed by atoms with Crippen LogP contribution in [0, 0.1) is 0 Å². The Hall–Kier alpha value is -1.81. The van der Waals surface area contributed by atoms with E-state index in [4.69, 9.17) is 5.73 Å². The summed E-state index contributed by atoms with van der Waals surface area (Å²) < 4.78 is 2.14. The lowest BCUT2D eigenvalue weighted by molar-refractivity contribution is 0.453. The molecular formula is C14H17N3O. The van der Waals surface area contributed by atoms with Crippen molar-refractivity contribution >= 4 is 0 Å². The number of rotatable bonds is 2. The van der Waals surface area contributed by atoms with Crippen LogP contribution < -0.4 is 5.73 Å². The van der Waals surface area contributed by atoms with Crippen molar-refractivity contribution in [3.8, 4) is 5.75 Å². The third-order valence-corrected chi connectivity index (χ3v) is 3.44. The van der Waals surface area contributed by atoms with Gasteiger partial charge in [-0.3, -0.25) is 0 Å². The van der Waals surface area contributed by atoms with Crippen molar-refractivity contribution in [3.63, 3.8) is 0 Å². The molecular weight excluding hydrogens is 226 g/mol. The molecule has 3 rings (SSSR count). The normalized spacial score (nSPS) is 18.6. The zero-order valence-electron chi connectivity index (χ0n) is 10.2.